The van der Waals surface area contributed by atoms with Gasteiger partial charge in [0.15, 0.2) is 0 Å². The van der Waals surface area contributed by atoms with Crippen molar-refractivity contribution in [3.8, 4) is 0 Å². The molecule has 128 valence electrons. The first-order chi connectivity index (χ1) is 12.9. The Morgan fingerprint density at radius 1 is 0.923 bits per heavy atom. The highest BCUT2D eigenvalue weighted by Gasteiger charge is 2.19. The number of hydrazine groups is 2. The van der Waals surface area contributed by atoms with Gasteiger partial charge in [-0.05, 0) is 43.3 Å². The zero-order valence-corrected chi connectivity index (χ0v) is 14.5. The molecule has 26 heavy (non-hydrogen) atoms. The zero-order valence-electron chi connectivity index (χ0n) is 14.5. The molecule has 0 aliphatic carbocycles. The summed E-state index contributed by atoms with van der Waals surface area (Å²) in [4.78, 5) is 4.11. The molecule has 0 saturated carbocycles. The van der Waals surface area contributed by atoms with Crippen LogP contribution in [0.5, 0.6) is 0 Å². The molecule has 0 radical (unpaired) electrons. The van der Waals surface area contributed by atoms with Crippen molar-refractivity contribution in [2.45, 2.75) is 13.5 Å². The van der Waals surface area contributed by atoms with Gasteiger partial charge >= 0.3 is 0 Å². The van der Waals surface area contributed by atoms with E-state index in [4.69, 9.17) is 0 Å². The molecule has 4 aromatic rings. The molecule has 0 unspecified atom stereocenters. The number of aryl methyl sites for hydroxylation is 1. The highest BCUT2D eigenvalue weighted by molar-refractivity contribution is 6.09. The number of rotatable bonds is 3. The van der Waals surface area contributed by atoms with E-state index in [1.54, 1.807) is 0 Å². The van der Waals surface area contributed by atoms with Crippen molar-refractivity contribution in [1.82, 2.24) is 20.5 Å². The second kappa shape index (κ2) is 5.89. The molecule has 0 saturated heterocycles. The summed E-state index contributed by atoms with van der Waals surface area (Å²) in [6.07, 6.45) is 5.59. The SMILES string of the molecule is CCn1c2ccccc2c2cc(N3NNC=C3c3ccncc3)ccc21. The van der Waals surface area contributed by atoms with E-state index in [9.17, 15) is 0 Å². The fourth-order valence-electron chi connectivity index (χ4n) is 3.75. The molecule has 2 aromatic carbocycles. The lowest BCUT2D eigenvalue weighted by atomic mass is 10.1. The summed E-state index contributed by atoms with van der Waals surface area (Å²) in [5.41, 5.74) is 12.1. The minimum absolute atomic E-state index is 0.953. The number of hydrogen-bond donors (Lipinski definition) is 2. The number of nitrogens with zero attached hydrogens (tertiary/aromatic N) is 3. The Balaban J connectivity index is 1.66. The van der Waals surface area contributed by atoms with Crippen LogP contribution in [0.3, 0.4) is 0 Å². The Labute approximate surface area is 151 Å². The summed E-state index contributed by atoms with van der Waals surface area (Å²) < 4.78 is 2.36. The zero-order chi connectivity index (χ0) is 17.5. The van der Waals surface area contributed by atoms with Crippen molar-refractivity contribution in [3.63, 3.8) is 0 Å². The molecule has 0 atom stereocenters. The van der Waals surface area contributed by atoms with Crippen LogP contribution in [0, 0.1) is 0 Å². The van der Waals surface area contributed by atoms with E-state index in [-0.39, 0.29) is 0 Å². The van der Waals surface area contributed by atoms with Gasteiger partial charge in [-0.25, -0.2) is 0 Å². The lowest BCUT2D eigenvalue weighted by Gasteiger charge is -2.21. The third kappa shape index (κ3) is 2.18. The molecule has 2 N–H and O–H groups in total. The highest BCUT2D eigenvalue weighted by Crippen LogP contribution is 2.34. The number of aromatic nitrogens is 2. The fourth-order valence-corrected chi connectivity index (χ4v) is 3.75. The summed E-state index contributed by atoms with van der Waals surface area (Å²) in [5.74, 6) is 0. The maximum atomic E-state index is 4.11. The van der Waals surface area contributed by atoms with Gasteiger partial charge in [0.25, 0.3) is 0 Å². The van der Waals surface area contributed by atoms with E-state index in [2.05, 4.69) is 74.9 Å². The number of fused-ring (bicyclic) bond motifs is 3. The lowest BCUT2D eigenvalue weighted by Crippen LogP contribution is -2.37. The number of pyridine rings is 1. The Bertz CT molecular complexity index is 1130. The van der Waals surface area contributed by atoms with Crippen LogP contribution in [0.2, 0.25) is 0 Å². The quantitative estimate of drug-likeness (QED) is 0.590. The van der Waals surface area contributed by atoms with Crippen LogP contribution in [0.1, 0.15) is 12.5 Å². The molecule has 1 aliphatic rings. The van der Waals surface area contributed by atoms with E-state index in [0.717, 1.165) is 23.5 Å². The van der Waals surface area contributed by atoms with Crippen molar-refractivity contribution < 1.29 is 0 Å². The van der Waals surface area contributed by atoms with Crippen LogP contribution >= 0.6 is 0 Å². The second-order valence-electron chi connectivity index (χ2n) is 6.32. The standard InChI is InChI=1S/C21H19N5/c1-2-25-19-6-4-3-5-17(19)18-13-16(7-8-20(18)25)26-21(14-23-24-26)15-9-11-22-12-10-15/h3-14,23-24H,2H2,1H3. The summed E-state index contributed by atoms with van der Waals surface area (Å²) in [5, 5.41) is 4.61. The lowest BCUT2D eigenvalue weighted by molar-refractivity contribution is 0.684. The molecular formula is C21H19N5. The van der Waals surface area contributed by atoms with Crippen molar-refractivity contribution in [2.24, 2.45) is 0 Å². The van der Waals surface area contributed by atoms with Crippen LogP contribution in [-0.2, 0) is 6.54 Å². The smallest absolute Gasteiger partial charge is 0.0840 e. The summed E-state index contributed by atoms with van der Waals surface area (Å²) >= 11 is 0. The molecule has 5 nitrogen and oxygen atoms in total. The Kier molecular flexibility index (Phi) is 3.40. The predicted molar refractivity (Wildman–Crippen MR) is 106 cm³/mol. The third-order valence-electron chi connectivity index (χ3n) is 4.93. The van der Waals surface area contributed by atoms with Gasteiger partial charge in [0.05, 0.1) is 11.4 Å². The maximum Gasteiger partial charge on any atom is 0.0840 e. The highest BCUT2D eigenvalue weighted by atomic mass is 15.7. The minimum Gasteiger partial charge on any atom is -0.341 e. The van der Waals surface area contributed by atoms with Crippen molar-refractivity contribution >= 4 is 33.2 Å². The molecule has 0 fully saturated rings. The molecule has 3 heterocycles. The van der Waals surface area contributed by atoms with Gasteiger partial charge in [-0.1, -0.05) is 18.2 Å². The van der Waals surface area contributed by atoms with Crippen molar-refractivity contribution in [1.29, 1.82) is 0 Å². The maximum absolute atomic E-state index is 4.11. The van der Waals surface area contributed by atoms with Crippen LogP contribution < -0.4 is 16.0 Å². The third-order valence-corrected chi connectivity index (χ3v) is 4.93. The number of hydrogen-bond acceptors (Lipinski definition) is 4. The van der Waals surface area contributed by atoms with Crippen LogP contribution in [0.15, 0.2) is 73.2 Å². The molecule has 0 bridgehead atoms. The first-order valence-electron chi connectivity index (χ1n) is 8.79. The van der Waals surface area contributed by atoms with Crippen LogP contribution in [0.25, 0.3) is 27.5 Å². The molecule has 0 amide bonds. The number of para-hydroxylation sites is 1. The van der Waals surface area contributed by atoms with Gasteiger partial charge in [-0.2, -0.15) is 0 Å². The van der Waals surface area contributed by atoms with E-state index in [1.807, 2.05) is 30.7 Å². The van der Waals surface area contributed by atoms with Crippen LogP contribution in [-0.4, -0.2) is 9.55 Å². The minimum atomic E-state index is 0.953. The first-order valence-corrected chi connectivity index (χ1v) is 8.79. The monoisotopic (exact) mass is 341 g/mol. The van der Waals surface area contributed by atoms with Crippen molar-refractivity contribution in [2.75, 3.05) is 5.01 Å². The van der Waals surface area contributed by atoms with Crippen LogP contribution in [0.4, 0.5) is 5.69 Å². The summed E-state index contributed by atoms with van der Waals surface area (Å²) in [6, 6.07) is 19.2. The van der Waals surface area contributed by atoms with Gasteiger partial charge in [0.2, 0.25) is 0 Å². The van der Waals surface area contributed by atoms with Gasteiger partial charge in [0.1, 0.15) is 0 Å². The van der Waals surface area contributed by atoms with E-state index >= 15 is 0 Å². The van der Waals surface area contributed by atoms with Gasteiger partial charge in [0, 0.05) is 52.5 Å². The normalized spacial score (nSPS) is 14.0. The molecule has 1 aliphatic heterocycles. The molecular weight excluding hydrogens is 322 g/mol. The Morgan fingerprint density at radius 3 is 2.58 bits per heavy atom. The Morgan fingerprint density at radius 2 is 1.73 bits per heavy atom. The molecule has 0 spiro atoms. The second-order valence-corrected chi connectivity index (χ2v) is 6.32. The largest absolute Gasteiger partial charge is 0.341 e. The average Bonchev–Trinajstić information content (AvgIpc) is 3.31. The van der Waals surface area contributed by atoms with E-state index < -0.39 is 0 Å². The topological polar surface area (TPSA) is 45.1 Å². The Hall–Kier alpha value is -3.31. The van der Waals surface area contributed by atoms with Gasteiger partial charge < -0.3 is 9.99 Å². The molecule has 2 aromatic heterocycles. The van der Waals surface area contributed by atoms with E-state index in [0.29, 0.717) is 0 Å². The average molecular weight is 341 g/mol. The van der Waals surface area contributed by atoms with Gasteiger partial charge in [-0.3, -0.25) is 9.99 Å². The van der Waals surface area contributed by atoms with E-state index in [1.165, 1.54) is 21.8 Å². The number of benzene rings is 2. The number of anilines is 1. The van der Waals surface area contributed by atoms with Gasteiger partial charge in [-0.15, -0.1) is 5.53 Å². The molecule has 5 rings (SSSR count). The van der Waals surface area contributed by atoms with Crippen molar-refractivity contribution in [3.05, 3.63) is 78.8 Å². The predicted octanol–water partition coefficient (Wildman–Crippen LogP) is 4.04. The number of nitrogens with one attached hydrogen (secondary N) is 2. The fraction of sp³-hybridized carbons (Fsp3) is 0.0952. The summed E-state index contributed by atoms with van der Waals surface area (Å²) in [7, 11) is 0. The molecule has 5 heteroatoms. The summed E-state index contributed by atoms with van der Waals surface area (Å²) in [6.45, 7) is 3.14. The first kappa shape index (κ1) is 15.0.